The topological polar surface area (TPSA) is 24.3 Å². The fourth-order valence-corrected chi connectivity index (χ4v) is 3.27. The van der Waals surface area contributed by atoms with Gasteiger partial charge in [-0.05, 0) is 39.8 Å². The van der Waals surface area contributed by atoms with Gasteiger partial charge >= 0.3 is 0 Å². The van der Waals surface area contributed by atoms with Gasteiger partial charge in [0.25, 0.3) is 0 Å². The van der Waals surface area contributed by atoms with Gasteiger partial charge in [-0.2, -0.15) is 0 Å². The van der Waals surface area contributed by atoms with E-state index in [2.05, 4.69) is 39.4 Å². The van der Waals surface area contributed by atoms with Gasteiger partial charge in [0.15, 0.2) is 0 Å². The van der Waals surface area contributed by atoms with Crippen LogP contribution < -0.4 is 0 Å². The van der Waals surface area contributed by atoms with Gasteiger partial charge in [0.2, 0.25) is 0 Å². The maximum absolute atomic E-state index is 4.46. The van der Waals surface area contributed by atoms with Crippen LogP contribution in [0.5, 0.6) is 0 Å². The average molecular weight is 248 g/mol. The highest BCUT2D eigenvalue weighted by molar-refractivity contribution is 4.97. The Morgan fingerprint density at radius 2 is 1.94 bits per heavy atom. The Balaban J connectivity index is 1.58. The number of hydrogen-bond donors (Lipinski definition) is 0. The number of piperidine rings is 1. The predicted octanol–water partition coefficient (Wildman–Crippen LogP) is 1.57. The Labute approximate surface area is 110 Å². The van der Waals surface area contributed by atoms with Crippen molar-refractivity contribution in [2.24, 2.45) is 0 Å². The van der Waals surface area contributed by atoms with Gasteiger partial charge in [0.1, 0.15) is 5.82 Å². The lowest BCUT2D eigenvalue weighted by Crippen LogP contribution is -2.48. The molecule has 1 aromatic rings. The van der Waals surface area contributed by atoms with Crippen molar-refractivity contribution in [2.45, 2.75) is 51.9 Å². The van der Waals surface area contributed by atoms with Crippen molar-refractivity contribution in [1.29, 1.82) is 0 Å². The zero-order valence-corrected chi connectivity index (χ0v) is 11.5. The van der Waals surface area contributed by atoms with Crippen molar-refractivity contribution in [1.82, 2.24) is 19.4 Å². The van der Waals surface area contributed by atoms with Crippen LogP contribution in [-0.2, 0) is 13.1 Å². The Kier molecular flexibility index (Phi) is 3.39. The van der Waals surface area contributed by atoms with Crippen LogP contribution in [0.1, 0.15) is 32.5 Å². The molecule has 3 rings (SSSR count). The summed E-state index contributed by atoms with van der Waals surface area (Å²) in [5.74, 6) is 1.24. The molecule has 0 saturated carbocycles. The van der Waals surface area contributed by atoms with Crippen LogP contribution in [0.15, 0.2) is 12.4 Å². The van der Waals surface area contributed by atoms with Gasteiger partial charge < -0.3 is 9.47 Å². The standard InChI is InChI=1S/C14H24N4/c1-12(2)16-6-3-13(4-7-16)18-10-9-17-8-5-15-14(17)11-18/h5,8,12-13H,3-4,6-7,9-11H2,1-2H3. The Morgan fingerprint density at radius 3 is 2.67 bits per heavy atom. The van der Waals surface area contributed by atoms with Crippen LogP contribution in [0.25, 0.3) is 0 Å². The molecule has 0 atom stereocenters. The molecular formula is C14H24N4. The quantitative estimate of drug-likeness (QED) is 0.794. The number of fused-ring (bicyclic) bond motifs is 1. The Bertz CT molecular complexity index is 390. The molecule has 1 saturated heterocycles. The summed E-state index contributed by atoms with van der Waals surface area (Å²) in [4.78, 5) is 9.69. The number of nitrogens with zero attached hydrogens (tertiary/aromatic N) is 4. The number of rotatable bonds is 2. The fourth-order valence-electron chi connectivity index (χ4n) is 3.27. The first-order chi connectivity index (χ1) is 8.74. The first-order valence-corrected chi connectivity index (χ1v) is 7.22. The molecule has 0 spiro atoms. The minimum absolute atomic E-state index is 0.700. The molecular weight excluding hydrogens is 224 g/mol. The molecule has 2 aliphatic heterocycles. The van der Waals surface area contributed by atoms with E-state index >= 15 is 0 Å². The van der Waals surface area contributed by atoms with Crippen LogP contribution in [0.3, 0.4) is 0 Å². The smallest absolute Gasteiger partial charge is 0.122 e. The summed E-state index contributed by atoms with van der Waals surface area (Å²) in [7, 11) is 0. The molecule has 0 N–H and O–H groups in total. The zero-order valence-electron chi connectivity index (χ0n) is 11.5. The van der Waals surface area contributed by atoms with E-state index in [1.54, 1.807) is 0 Å². The predicted molar refractivity (Wildman–Crippen MR) is 72.4 cm³/mol. The lowest BCUT2D eigenvalue weighted by Gasteiger charge is -2.41. The third kappa shape index (κ3) is 2.31. The Morgan fingerprint density at radius 1 is 1.17 bits per heavy atom. The van der Waals surface area contributed by atoms with E-state index in [1.165, 1.54) is 38.3 Å². The van der Waals surface area contributed by atoms with E-state index in [1.807, 2.05) is 6.20 Å². The van der Waals surface area contributed by atoms with E-state index < -0.39 is 0 Å². The zero-order chi connectivity index (χ0) is 12.5. The molecule has 1 aromatic heterocycles. The van der Waals surface area contributed by atoms with Crippen LogP contribution in [0.2, 0.25) is 0 Å². The van der Waals surface area contributed by atoms with Gasteiger partial charge in [-0.3, -0.25) is 4.90 Å². The summed E-state index contributed by atoms with van der Waals surface area (Å²) in [5, 5.41) is 0. The number of likely N-dealkylation sites (tertiary alicyclic amines) is 1. The molecule has 3 heterocycles. The molecule has 0 bridgehead atoms. The second-order valence-electron chi connectivity index (χ2n) is 5.87. The number of imidazole rings is 1. The summed E-state index contributed by atoms with van der Waals surface area (Å²) < 4.78 is 2.29. The third-order valence-electron chi connectivity index (χ3n) is 4.52. The van der Waals surface area contributed by atoms with Gasteiger partial charge in [0, 0.05) is 37.6 Å². The van der Waals surface area contributed by atoms with E-state index in [4.69, 9.17) is 0 Å². The molecule has 2 aliphatic rings. The first-order valence-electron chi connectivity index (χ1n) is 7.22. The van der Waals surface area contributed by atoms with Crippen LogP contribution in [0.4, 0.5) is 0 Å². The molecule has 4 nitrogen and oxygen atoms in total. The van der Waals surface area contributed by atoms with Crippen molar-refractivity contribution < 1.29 is 0 Å². The maximum atomic E-state index is 4.46. The summed E-state index contributed by atoms with van der Waals surface area (Å²) in [6.45, 7) is 10.5. The molecule has 18 heavy (non-hydrogen) atoms. The van der Waals surface area contributed by atoms with Gasteiger partial charge in [-0.1, -0.05) is 0 Å². The van der Waals surface area contributed by atoms with Crippen LogP contribution in [0, 0.1) is 0 Å². The minimum atomic E-state index is 0.700. The molecule has 4 heteroatoms. The molecule has 0 amide bonds. The van der Waals surface area contributed by atoms with Crippen LogP contribution in [-0.4, -0.2) is 51.1 Å². The second-order valence-corrected chi connectivity index (χ2v) is 5.87. The van der Waals surface area contributed by atoms with Gasteiger partial charge in [-0.15, -0.1) is 0 Å². The monoisotopic (exact) mass is 248 g/mol. The van der Waals surface area contributed by atoms with Crippen molar-refractivity contribution in [3.05, 3.63) is 18.2 Å². The van der Waals surface area contributed by atoms with E-state index in [0.717, 1.165) is 19.1 Å². The lowest BCUT2D eigenvalue weighted by molar-refractivity contribution is 0.0736. The average Bonchev–Trinajstić information content (AvgIpc) is 2.86. The third-order valence-corrected chi connectivity index (χ3v) is 4.52. The van der Waals surface area contributed by atoms with Gasteiger partial charge in [-0.25, -0.2) is 4.98 Å². The summed E-state index contributed by atoms with van der Waals surface area (Å²) in [5.41, 5.74) is 0. The second kappa shape index (κ2) is 5.02. The molecule has 1 fully saturated rings. The minimum Gasteiger partial charge on any atom is -0.333 e. The van der Waals surface area contributed by atoms with Crippen molar-refractivity contribution in [2.75, 3.05) is 19.6 Å². The molecule has 0 aromatic carbocycles. The summed E-state index contributed by atoms with van der Waals surface area (Å²) >= 11 is 0. The number of aromatic nitrogens is 2. The highest BCUT2D eigenvalue weighted by Gasteiger charge is 2.28. The van der Waals surface area contributed by atoms with Gasteiger partial charge in [0.05, 0.1) is 6.54 Å². The largest absolute Gasteiger partial charge is 0.333 e. The maximum Gasteiger partial charge on any atom is 0.122 e. The molecule has 0 radical (unpaired) electrons. The first kappa shape index (κ1) is 12.2. The van der Waals surface area contributed by atoms with E-state index in [9.17, 15) is 0 Å². The highest BCUT2D eigenvalue weighted by atomic mass is 15.3. The van der Waals surface area contributed by atoms with Crippen LogP contribution >= 0.6 is 0 Å². The van der Waals surface area contributed by atoms with Crippen molar-refractivity contribution in [3.8, 4) is 0 Å². The SMILES string of the molecule is CC(C)N1CCC(N2CCn3ccnc3C2)CC1. The molecule has 100 valence electrons. The number of hydrogen-bond acceptors (Lipinski definition) is 3. The summed E-state index contributed by atoms with van der Waals surface area (Å²) in [6.07, 6.45) is 6.67. The summed E-state index contributed by atoms with van der Waals surface area (Å²) in [6, 6.07) is 1.47. The normalized spacial score (nSPS) is 23.5. The van der Waals surface area contributed by atoms with E-state index in [-0.39, 0.29) is 0 Å². The van der Waals surface area contributed by atoms with E-state index in [0.29, 0.717) is 6.04 Å². The highest BCUT2D eigenvalue weighted by Crippen LogP contribution is 2.22. The van der Waals surface area contributed by atoms with Crippen molar-refractivity contribution >= 4 is 0 Å². The fraction of sp³-hybridized carbons (Fsp3) is 0.786. The van der Waals surface area contributed by atoms with Crippen molar-refractivity contribution in [3.63, 3.8) is 0 Å². The Hall–Kier alpha value is -0.870. The molecule has 0 unspecified atom stereocenters. The molecule has 0 aliphatic carbocycles. The lowest BCUT2D eigenvalue weighted by atomic mass is 10.0.